The van der Waals surface area contributed by atoms with Crippen molar-refractivity contribution in [2.24, 2.45) is 0 Å². The number of nitrogens with zero attached hydrogens (tertiary/aromatic N) is 5. The number of fused-ring (bicyclic) bond motifs is 1. The fraction of sp³-hybridized carbons (Fsp3) is 0.450. The number of hydrogen-bond donors (Lipinski definition) is 0. The summed E-state index contributed by atoms with van der Waals surface area (Å²) in [5.74, 6) is 0.829. The second-order valence-electron chi connectivity index (χ2n) is 6.93. The van der Waals surface area contributed by atoms with Gasteiger partial charge >= 0.3 is 0 Å². The Hall–Kier alpha value is -2.47. The van der Waals surface area contributed by atoms with Gasteiger partial charge in [-0.05, 0) is 24.1 Å². The molecule has 1 aromatic heterocycles. The van der Waals surface area contributed by atoms with Gasteiger partial charge in [0.25, 0.3) is 5.91 Å². The van der Waals surface area contributed by atoms with Crippen molar-refractivity contribution in [1.82, 2.24) is 19.8 Å². The number of rotatable bonds is 3. The minimum Gasteiger partial charge on any atom is -0.351 e. The summed E-state index contributed by atoms with van der Waals surface area (Å²) in [5, 5.41) is 0. The molecule has 2 aliphatic heterocycles. The van der Waals surface area contributed by atoms with Crippen LogP contribution in [0.1, 0.15) is 28.5 Å². The maximum absolute atomic E-state index is 12.6. The molecule has 6 nitrogen and oxygen atoms in total. The Labute approximate surface area is 154 Å². The Morgan fingerprint density at radius 2 is 1.77 bits per heavy atom. The third kappa shape index (κ3) is 3.42. The summed E-state index contributed by atoms with van der Waals surface area (Å²) in [4.78, 5) is 28.0. The summed E-state index contributed by atoms with van der Waals surface area (Å²) in [6.07, 6.45) is 4.38. The highest BCUT2D eigenvalue weighted by molar-refractivity contribution is 5.92. The number of piperazine rings is 1. The van der Waals surface area contributed by atoms with Gasteiger partial charge in [-0.25, -0.2) is 9.97 Å². The van der Waals surface area contributed by atoms with Gasteiger partial charge in [-0.15, -0.1) is 0 Å². The molecule has 0 radical (unpaired) electrons. The predicted octanol–water partition coefficient (Wildman–Crippen LogP) is 1.82. The van der Waals surface area contributed by atoms with Crippen LogP contribution in [0, 0.1) is 0 Å². The number of benzene rings is 1. The van der Waals surface area contributed by atoms with Crippen LogP contribution in [0.4, 0.5) is 5.82 Å². The molecule has 0 spiro atoms. The fourth-order valence-corrected chi connectivity index (χ4v) is 3.72. The van der Waals surface area contributed by atoms with Crippen LogP contribution in [0.25, 0.3) is 0 Å². The molecule has 0 bridgehead atoms. The van der Waals surface area contributed by atoms with E-state index in [2.05, 4.69) is 51.0 Å². The second-order valence-corrected chi connectivity index (χ2v) is 6.93. The Bertz CT molecular complexity index is 768. The number of anilines is 1. The van der Waals surface area contributed by atoms with Gasteiger partial charge < -0.3 is 14.7 Å². The van der Waals surface area contributed by atoms with E-state index in [9.17, 15) is 4.79 Å². The van der Waals surface area contributed by atoms with Gasteiger partial charge in [-0.1, -0.05) is 31.2 Å². The third-order valence-corrected chi connectivity index (χ3v) is 5.42. The van der Waals surface area contributed by atoms with E-state index in [4.69, 9.17) is 0 Å². The van der Waals surface area contributed by atoms with E-state index in [0.29, 0.717) is 5.69 Å². The standard InChI is InChI=1S/C20H25N5O/c1-2-23-9-11-24(12-10-23)20(26)18-13-22-19(14-21-18)25-8-7-16-5-3-4-6-17(16)15-25/h3-6,13-14H,2,7-12,15H2,1H3. The van der Waals surface area contributed by atoms with Crippen molar-refractivity contribution in [2.75, 3.05) is 44.2 Å². The van der Waals surface area contributed by atoms with E-state index in [-0.39, 0.29) is 5.91 Å². The second kappa shape index (κ2) is 7.41. The van der Waals surface area contributed by atoms with Gasteiger partial charge in [0.05, 0.1) is 12.4 Å². The molecule has 0 atom stereocenters. The molecule has 1 saturated heterocycles. The Morgan fingerprint density at radius 3 is 2.46 bits per heavy atom. The number of likely N-dealkylation sites (N-methyl/N-ethyl adjacent to an activating group) is 1. The number of carbonyl (C=O) groups is 1. The lowest BCUT2D eigenvalue weighted by Crippen LogP contribution is -2.48. The van der Waals surface area contributed by atoms with Crippen molar-refractivity contribution in [2.45, 2.75) is 19.9 Å². The van der Waals surface area contributed by atoms with E-state index in [0.717, 1.165) is 58.1 Å². The third-order valence-electron chi connectivity index (χ3n) is 5.42. The largest absolute Gasteiger partial charge is 0.351 e. The van der Waals surface area contributed by atoms with Crippen LogP contribution in [-0.4, -0.2) is 64.9 Å². The average molecular weight is 351 g/mol. The highest BCUT2D eigenvalue weighted by Crippen LogP contribution is 2.22. The molecule has 0 unspecified atom stereocenters. The zero-order valence-electron chi connectivity index (χ0n) is 15.3. The van der Waals surface area contributed by atoms with Crippen LogP contribution in [0.5, 0.6) is 0 Å². The van der Waals surface area contributed by atoms with E-state index in [1.165, 1.54) is 11.1 Å². The van der Waals surface area contributed by atoms with Crippen LogP contribution in [0.3, 0.4) is 0 Å². The van der Waals surface area contributed by atoms with Crippen molar-refractivity contribution >= 4 is 11.7 Å². The first kappa shape index (κ1) is 17.0. The molecule has 0 saturated carbocycles. The molecular formula is C20H25N5O. The highest BCUT2D eigenvalue weighted by Gasteiger charge is 2.23. The molecule has 1 aromatic carbocycles. The first-order chi connectivity index (χ1) is 12.7. The summed E-state index contributed by atoms with van der Waals surface area (Å²) in [5.41, 5.74) is 3.19. The number of aromatic nitrogens is 2. The molecule has 1 fully saturated rings. The molecule has 2 aromatic rings. The minimum absolute atomic E-state index is 0.0104. The molecule has 2 aliphatic rings. The monoisotopic (exact) mass is 351 g/mol. The molecule has 0 N–H and O–H groups in total. The van der Waals surface area contributed by atoms with Crippen molar-refractivity contribution in [1.29, 1.82) is 0 Å². The normalized spacial score (nSPS) is 17.9. The molecular weight excluding hydrogens is 326 g/mol. The molecule has 3 heterocycles. The fourth-order valence-electron chi connectivity index (χ4n) is 3.72. The van der Waals surface area contributed by atoms with Crippen molar-refractivity contribution in [3.05, 3.63) is 53.5 Å². The highest BCUT2D eigenvalue weighted by atomic mass is 16.2. The smallest absolute Gasteiger partial charge is 0.274 e. The van der Waals surface area contributed by atoms with Gasteiger partial charge in [0.1, 0.15) is 11.5 Å². The van der Waals surface area contributed by atoms with Crippen LogP contribution in [-0.2, 0) is 13.0 Å². The first-order valence-electron chi connectivity index (χ1n) is 9.40. The van der Waals surface area contributed by atoms with Crippen LogP contribution in [0.2, 0.25) is 0 Å². The summed E-state index contributed by atoms with van der Waals surface area (Å²) in [6, 6.07) is 8.53. The summed E-state index contributed by atoms with van der Waals surface area (Å²) < 4.78 is 0. The van der Waals surface area contributed by atoms with Gasteiger partial charge in [-0.3, -0.25) is 4.79 Å². The lowest BCUT2D eigenvalue weighted by atomic mass is 10.0. The van der Waals surface area contributed by atoms with E-state index >= 15 is 0 Å². The molecule has 4 rings (SSSR count). The molecule has 26 heavy (non-hydrogen) atoms. The predicted molar refractivity (Wildman–Crippen MR) is 101 cm³/mol. The summed E-state index contributed by atoms with van der Waals surface area (Å²) in [6.45, 7) is 8.35. The lowest BCUT2D eigenvalue weighted by Gasteiger charge is -2.33. The zero-order chi connectivity index (χ0) is 17.9. The Kier molecular flexibility index (Phi) is 4.84. The quantitative estimate of drug-likeness (QED) is 0.844. The number of amides is 1. The van der Waals surface area contributed by atoms with Gasteiger partial charge in [0.2, 0.25) is 0 Å². The molecule has 136 valence electrons. The minimum atomic E-state index is -0.0104. The van der Waals surface area contributed by atoms with Crippen molar-refractivity contribution in [3.63, 3.8) is 0 Å². The van der Waals surface area contributed by atoms with Crippen LogP contribution in [0.15, 0.2) is 36.7 Å². The number of hydrogen-bond acceptors (Lipinski definition) is 5. The van der Waals surface area contributed by atoms with Gasteiger partial charge in [-0.2, -0.15) is 0 Å². The van der Waals surface area contributed by atoms with Gasteiger partial charge in [0.15, 0.2) is 0 Å². The summed E-state index contributed by atoms with van der Waals surface area (Å²) in [7, 11) is 0. The maximum atomic E-state index is 12.6. The zero-order valence-corrected chi connectivity index (χ0v) is 15.3. The summed E-state index contributed by atoms with van der Waals surface area (Å²) >= 11 is 0. The van der Waals surface area contributed by atoms with Crippen LogP contribution >= 0.6 is 0 Å². The van der Waals surface area contributed by atoms with Crippen molar-refractivity contribution < 1.29 is 4.79 Å². The van der Waals surface area contributed by atoms with E-state index < -0.39 is 0 Å². The van der Waals surface area contributed by atoms with Crippen molar-refractivity contribution in [3.8, 4) is 0 Å². The average Bonchev–Trinajstić information content (AvgIpc) is 2.73. The first-order valence-corrected chi connectivity index (χ1v) is 9.40. The Morgan fingerprint density at radius 1 is 1.00 bits per heavy atom. The van der Waals surface area contributed by atoms with E-state index in [1.54, 1.807) is 12.4 Å². The molecule has 6 heteroatoms. The SMILES string of the molecule is CCN1CCN(C(=O)c2cnc(N3CCc4ccccc4C3)cn2)CC1. The molecule has 1 amide bonds. The lowest BCUT2D eigenvalue weighted by molar-refractivity contribution is 0.0637. The Balaban J connectivity index is 1.42. The van der Waals surface area contributed by atoms with E-state index in [1.807, 2.05) is 4.90 Å². The van der Waals surface area contributed by atoms with Gasteiger partial charge in [0, 0.05) is 39.3 Å². The molecule has 0 aliphatic carbocycles. The number of carbonyl (C=O) groups excluding carboxylic acids is 1. The topological polar surface area (TPSA) is 52.6 Å². The van der Waals surface area contributed by atoms with Crippen LogP contribution < -0.4 is 4.90 Å². The maximum Gasteiger partial charge on any atom is 0.274 e.